The lowest BCUT2D eigenvalue weighted by atomic mass is 10.2. The predicted molar refractivity (Wildman–Crippen MR) is 100 cm³/mol. The molecule has 0 fully saturated rings. The molecule has 2 aromatic carbocycles. The molecule has 0 radical (unpaired) electrons. The van der Waals surface area contributed by atoms with Crippen LogP contribution < -0.4 is 10.2 Å². The van der Waals surface area contributed by atoms with Crippen LogP contribution in [-0.4, -0.2) is 30.1 Å². The molecule has 0 unspecified atom stereocenters. The fourth-order valence-corrected chi connectivity index (χ4v) is 2.87. The summed E-state index contributed by atoms with van der Waals surface area (Å²) in [4.78, 5) is 12.7. The van der Waals surface area contributed by atoms with Crippen LogP contribution in [0, 0.1) is 3.57 Å². The number of aromatic hydroxyl groups is 1. The summed E-state index contributed by atoms with van der Waals surface area (Å²) < 4.78 is 5.81. The van der Waals surface area contributed by atoms with Gasteiger partial charge in [0.05, 0.1) is 22.6 Å². The van der Waals surface area contributed by atoms with Gasteiger partial charge in [0.25, 0.3) is 0 Å². The van der Waals surface area contributed by atoms with Crippen LogP contribution in [0.25, 0.3) is 0 Å². The third-order valence-electron chi connectivity index (χ3n) is 2.80. The van der Waals surface area contributed by atoms with Crippen molar-refractivity contribution < 1.29 is 14.6 Å². The van der Waals surface area contributed by atoms with Gasteiger partial charge < -0.3 is 9.84 Å². The molecular formula is C16H15IN2O3S. The number of amides is 1. The average molecular weight is 442 g/mol. The zero-order valence-electron chi connectivity index (χ0n) is 12.3. The molecule has 0 heterocycles. The number of nitrogens with zero attached hydrogens (tertiary/aromatic N) is 1. The molecule has 0 saturated carbocycles. The molecule has 2 N–H and O–H groups in total. The molecule has 0 aliphatic carbocycles. The molecule has 0 atom stereocenters. The lowest BCUT2D eigenvalue weighted by Gasteiger charge is -2.03. The van der Waals surface area contributed by atoms with E-state index in [0.29, 0.717) is 0 Å². The Morgan fingerprint density at radius 3 is 2.74 bits per heavy atom. The van der Waals surface area contributed by atoms with Crippen molar-refractivity contribution in [1.29, 1.82) is 0 Å². The van der Waals surface area contributed by atoms with Crippen LogP contribution in [0.5, 0.6) is 11.5 Å². The van der Waals surface area contributed by atoms with E-state index in [1.54, 1.807) is 25.3 Å². The zero-order valence-corrected chi connectivity index (χ0v) is 15.3. The highest BCUT2D eigenvalue weighted by Gasteiger charge is 2.02. The fraction of sp³-hybridized carbons (Fsp3) is 0.125. The number of nitrogens with one attached hydrogen (secondary N) is 1. The Hall–Kier alpha value is -1.74. The van der Waals surface area contributed by atoms with Crippen LogP contribution in [-0.2, 0) is 4.79 Å². The number of thioether (sulfide) groups is 1. The molecule has 2 aromatic rings. The van der Waals surface area contributed by atoms with E-state index in [9.17, 15) is 9.90 Å². The van der Waals surface area contributed by atoms with Crippen molar-refractivity contribution in [3.8, 4) is 11.5 Å². The van der Waals surface area contributed by atoms with Gasteiger partial charge in [-0.2, -0.15) is 5.10 Å². The second-order valence-corrected chi connectivity index (χ2v) is 6.68. The monoisotopic (exact) mass is 442 g/mol. The first-order valence-corrected chi connectivity index (χ1v) is 8.72. The van der Waals surface area contributed by atoms with E-state index in [1.807, 2.05) is 46.9 Å². The average Bonchev–Trinajstić information content (AvgIpc) is 2.56. The molecule has 0 spiro atoms. The molecule has 0 aliphatic rings. The summed E-state index contributed by atoms with van der Waals surface area (Å²) in [7, 11) is 1.61. The molecule has 0 aromatic heterocycles. The van der Waals surface area contributed by atoms with Gasteiger partial charge in [0, 0.05) is 4.90 Å². The SMILES string of the molecule is COc1ccc(SCC(=O)N/N=C/c2ccc(O)c(I)c2)cc1. The van der Waals surface area contributed by atoms with Gasteiger partial charge in [0.15, 0.2) is 0 Å². The van der Waals surface area contributed by atoms with E-state index in [4.69, 9.17) is 4.74 Å². The zero-order chi connectivity index (χ0) is 16.7. The van der Waals surface area contributed by atoms with Crippen LogP contribution >= 0.6 is 34.4 Å². The second kappa shape index (κ2) is 8.78. The van der Waals surface area contributed by atoms with Gasteiger partial charge in [0.2, 0.25) is 5.91 Å². The van der Waals surface area contributed by atoms with Crippen LogP contribution in [0.3, 0.4) is 0 Å². The Morgan fingerprint density at radius 2 is 2.09 bits per heavy atom. The molecule has 0 bridgehead atoms. The van der Waals surface area contributed by atoms with E-state index >= 15 is 0 Å². The largest absolute Gasteiger partial charge is 0.507 e. The third kappa shape index (κ3) is 5.76. The number of hydrogen-bond donors (Lipinski definition) is 2. The van der Waals surface area contributed by atoms with Gasteiger partial charge in [-0.15, -0.1) is 11.8 Å². The van der Waals surface area contributed by atoms with Crippen LogP contribution in [0.1, 0.15) is 5.56 Å². The summed E-state index contributed by atoms with van der Waals surface area (Å²) in [6, 6.07) is 12.6. The van der Waals surface area contributed by atoms with E-state index < -0.39 is 0 Å². The normalized spacial score (nSPS) is 10.7. The highest BCUT2D eigenvalue weighted by molar-refractivity contribution is 14.1. The van der Waals surface area contributed by atoms with Crippen molar-refractivity contribution in [1.82, 2.24) is 5.43 Å². The number of ether oxygens (including phenoxy) is 1. The second-order valence-electron chi connectivity index (χ2n) is 4.47. The Kier molecular flexibility index (Phi) is 6.72. The number of carbonyl (C=O) groups is 1. The van der Waals surface area contributed by atoms with Gasteiger partial charge in [-0.05, 0) is 70.6 Å². The number of halogens is 1. The topological polar surface area (TPSA) is 70.9 Å². The minimum atomic E-state index is -0.185. The van der Waals surface area contributed by atoms with E-state index in [1.165, 1.54) is 18.0 Å². The molecule has 1 amide bonds. The lowest BCUT2D eigenvalue weighted by Crippen LogP contribution is -2.19. The van der Waals surface area contributed by atoms with Crippen LogP contribution in [0.15, 0.2) is 52.5 Å². The molecule has 2 rings (SSSR count). The first-order chi connectivity index (χ1) is 11.1. The fourth-order valence-electron chi connectivity index (χ4n) is 1.64. The number of hydrazone groups is 1. The number of phenols is 1. The van der Waals surface area contributed by atoms with Crippen molar-refractivity contribution in [3.05, 3.63) is 51.6 Å². The molecule has 7 heteroatoms. The van der Waals surface area contributed by atoms with Crippen molar-refractivity contribution in [2.45, 2.75) is 4.90 Å². The van der Waals surface area contributed by atoms with Crippen LogP contribution in [0.4, 0.5) is 0 Å². The minimum Gasteiger partial charge on any atom is -0.507 e. The van der Waals surface area contributed by atoms with Gasteiger partial charge in [0.1, 0.15) is 11.5 Å². The summed E-state index contributed by atoms with van der Waals surface area (Å²) >= 11 is 3.45. The standard InChI is InChI=1S/C16H15IN2O3S/c1-22-12-3-5-13(6-4-12)23-10-16(21)19-18-9-11-2-7-15(20)14(17)8-11/h2-9,20H,10H2,1H3,(H,19,21)/b18-9+. The lowest BCUT2D eigenvalue weighted by molar-refractivity contribution is -0.118. The molecular weight excluding hydrogens is 427 g/mol. The summed E-state index contributed by atoms with van der Waals surface area (Å²) in [6.07, 6.45) is 1.54. The maximum absolute atomic E-state index is 11.7. The Balaban J connectivity index is 1.79. The van der Waals surface area contributed by atoms with Crippen molar-refractivity contribution >= 4 is 46.5 Å². The number of carbonyl (C=O) groups excluding carboxylic acids is 1. The Labute approximate surface area is 152 Å². The highest BCUT2D eigenvalue weighted by Crippen LogP contribution is 2.21. The highest BCUT2D eigenvalue weighted by atomic mass is 127. The summed E-state index contributed by atoms with van der Waals surface area (Å²) in [5.41, 5.74) is 3.28. The third-order valence-corrected chi connectivity index (χ3v) is 4.68. The predicted octanol–water partition coefficient (Wildman–Crippen LogP) is 3.25. The molecule has 0 aliphatic heterocycles. The van der Waals surface area contributed by atoms with Gasteiger partial charge >= 0.3 is 0 Å². The maximum Gasteiger partial charge on any atom is 0.250 e. The molecule has 23 heavy (non-hydrogen) atoms. The Bertz CT molecular complexity index is 705. The summed E-state index contributed by atoms with van der Waals surface area (Å²) in [5.74, 6) is 1.10. The molecule has 5 nitrogen and oxygen atoms in total. The van der Waals surface area contributed by atoms with E-state index in [0.717, 1.165) is 19.8 Å². The number of methoxy groups -OCH3 is 1. The number of hydrogen-bond acceptors (Lipinski definition) is 5. The quantitative estimate of drug-likeness (QED) is 0.312. The van der Waals surface area contributed by atoms with E-state index in [-0.39, 0.29) is 17.4 Å². The van der Waals surface area contributed by atoms with Crippen molar-refractivity contribution in [2.75, 3.05) is 12.9 Å². The van der Waals surface area contributed by atoms with Gasteiger partial charge in [-0.1, -0.05) is 0 Å². The van der Waals surface area contributed by atoms with Gasteiger partial charge in [-0.3, -0.25) is 4.79 Å². The number of rotatable bonds is 6. The maximum atomic E-state index is 11.7. The van der Waals surface area contributed by atoms with Crippen LogP contribution in [0.2, 0.25) is 0 Å². The number of phenolic OH excluding ortho intramolecular Hbond substituents is 1. The summed E-state index contributed by atoms with van der Waals surface area (Å²) in [5, 5.41) is 13.3. The first kappa shape index (κ1) is 17.6. The smallest absolute Gasteiger partial charge is 0.250 e. The van der Waals surface area contributed by atoms with Crippen molar-refractivity contribution in [3.63, 3.8) is 0 Å². The molecule has 120 valence electrons. The minimum absolute atomic E-state index is 0.185. The number of benzene rings is 2. The Morgan fingerprint density at radius 1 is 1.35 bits per heavy atom. The van der Waals surface area contributed by atoms with E-state index in [2.05, 4.69) is 10.5 Å². The molecule has 0 saturated heterocycles. The first-order valence-electron chi connectivity index (χ1n) is 6.66. The summed E-state index contributed by atoms with van der Waals surface area (Å²) in [6.45, 7) is 0. The van der Waals surface area contributed by atoms with Crippen molar-refractivity contribution in [2.24, 2.45) is 5.10 Å². The van der Waals surface area contributed by atoms with Gasteiger partial charge in [-0.25, -0.2) is 5.43 Å².